The van der Waals surface area contributed by atoms with Crippen molar-refractivity contribution in [1.82, 2.24) is 19.6 Å². The van der Waals surface area contributed by atoms with Gasteiger partial charge in [0.1, 0.15) is 0 Å². The fourth-order valence-electron chi connectivity index (χ4n) is 3.52. The van der Waals surface area contributed by atoms with Crippen LogP contribution in [0.1, 0.15) is 29.3 Å². The van der Waals surface area contributed by atoms with Crippen LogP contribution >= 0.6 is 46.3 Å². The van der Waals surface area contributed by atoms with Gasteiger partial charge in [-0.15, -0.1) is 21.5 Å². The van der Waals surface area contributed by atoms with Crippen LogP contribution in [0.15, 0.2) is 34.9 Å². The molecule has 0 saturated heterocycles. The summed E-state index contributed by atoms with van der Waals surface area (Å²) >= 11 is 15.2. The van der Waals surface area contributed by atoms with Crippen LogP contribution in [0.5, 0.6) is 0 Å². The van der Waals surface area contributed by atoms with Crippen LogP contribution in [-0.2, 0) is 10.5 Å². The van der Waals surface area contributed by atoms with E-state index in [4.69, 9.17) is 28.2 Å². The first kappa shape index (κ1) is 22.1. The number of carbonyl (C=O) groups excluding carboxylic acids is 1. The number of aromatic nitrogens is 4. The minimum absolute atomic E-state index is 0.0728. The van der Waals surface area contributed by atoms with Gasteiger partial charge in [0.05, 0.1) is 21.4 Å². The summed E-state index contributed by atoms with van der Waals surface area (Å²) in [6.45, 7) is 7.64. The number of thiazole rings is 1. The zero-order chi connectivity index (χ0) is 22.3. The Balaban J connectivity index is 1.60. The van der Waals surface area contributed by atoms with Gasteiger partial charge in [-0.2, -0.15) is 0 Å². The second kappa shape index (κ2) is 8.78. The van der Waals surface area contributed by atoms with Crippen LogP contribution in [0.2, 0.25) is 10.0 Å². The molecule has 0 bridgehead atoms. The molecule has 0 N–H and O–H groups in total. The molecule has 0 aliphatic heterocycles. The number of thioether (sulfide) groups is 1. The standard InChI is InChI=1S/C21H19Cl2N5OS2/c1-11-5-12(2)18(13(3)6-11)28(14(4)29)20-24-16(9-30-20)10-31-21-26-25-19-17(23)7-15(22)8-27(19)21/h5-9H,10H2,1-4H3. The van der Waals surface area contributed by atoms with Crippen LogP contribution in [0.25, 0.3) is 5.65 Å². The van der Waals surface area contributed by atoms with E-state index >= 15 is 0 Å². The van der Waals surface area contributed by atoms with E-state index in [0.717, 1.165) is 22.5 Å². The molecule has 0 radical (unpaired) electrons. The molecule has 4 rings (SSSR count). The Labute approximate surface area is 198 Å². The van der Waals surface area contributed by atoms with Gasteiger partial charge in [0.25, 0.3) is 0 Å². The summed E-state index contributed by atoms with van der Waals surface area (Å²) in [5.74, 6) is 0.496. The summed E-state index contributed by atoms with van der Waals surface area (Å²) in [6.07, 6.45) is 1.73. The van der Waals surface area contributed by atoms with Crippen molar-refractivity contribution < 1.29 is 4.79 Å². The molecule has 0 unspecified atom stereocenters. The van der Waals surface area contributed by atoms with Crippen LogP contribution in [0.4, 0.5) is 10.8 Å². The molecule has 0 spiro atoms. The van der Waals surface area contributed by atoms with Gasteiger partial charge in [-0.3, -0.25) is 14.1 Å². The van der Waals surface area contributed by atoms with Crippen LogP contribution in [0.3, 0.4) is 0 Å². The molecular formula is C21H19Cl2N5OS2. The number of halogens is 2. The van der Waals surface area contributed by atoms with Crippen molar-refractivity contribution in [3.63, 3.8) is 0 Å². The lowest BCUT2D eigenvalue weighted by Gasteiger charge is -2.23. The molecule has 0 saturated carbocycles. The van der Waals surface area contributed by atoms with Crippen molar-refractivity contribution in [2.75, 3.05) is 4.90 Å². The second-order valence-electron chi connectivity index (χ2n) is 7.19. The highest BCUT2D eigenvalue weighted by atomic mass is 35.5. The fourth-order valence-corrected chi connectivity index (χ4v) is 5.81. The monoisotopic (exact) mass is 491 g/mol. The molecular weight excluding hydrogens is 473 g/mol. The second-order valence-corrected chi connectivity index (χ2v) is 9.82. The lowest BCUT2D eigenvalue weighted by atomic mass is 10.0. The van der Waals surface area contributed by atoms with Crippen LogP contribution in [-0.4, -0.2) is 25.5 Å². The number of fused-ring (bicyclic) bond motifs is 1. The highest BCUT2D eigenvalue weighted by molar-refractivity contribution is 7.98. The predicted octanol–water partition coefficient (Wildman–Crippen LogP) is 6.39. The highest BCUT2D eigenvalue weighted by Crippen LogP contribution is 2.35. The Morgan fingerprint density at radius 1 is 1.16 bits per heavy atom. The quantitative estimate of drug-likeness (QED) is 0.302. The third-order valence-electron chi connectivity index (χ3n) is 4.65. The maximum atomic E-state index is 12.5. The van der Waals surface area contributed by atoms with Crippen molar-refractivity contribution in [1.29, 1.82) is 0 Å². The van der Waals surface area contributed by atoms with E-state index < -0.39 is 0 Å². The number of hydrogen-bond donors (Lipinski definition) is 0. The summed E-state index contributed by atoms with van der Waals surface area (Å²) in [6, 6.07) is 5.80. The zero-order valence-corrected chi connectivity index (χ0v) is 20.5. The molecule has 160 valence electrons. The molecule has 1 amide bonds. The molecule has 4 aromatic rings. The Morgan fingerprint density at radius 3 is 2.55 bits per heavy atom. The highest BCUT2D eigenvalue weighted by Gasteiger charge is 2.22. The minimum atomic E-state index is -0.0728. The van der Waals surface area contributed by atoms with E-state index in [0.29, 0.717) is 31.7 Å². The Kier molecular flexibility index (Phi) is 6.25. The van der Waals surface area contributed by atoms with Gasteiger partial charge >= 0.3 is 0 Å². The van der Waals surface area contributed by atoms with Crippen molar-refractivity contribution in [2.24, 2.45) is 0 Å². The van der Waals surface area contributed by atoms with E-state index in [-0.39, 0.29) is 5.91 Å². The zero-order valence-electron chi connectivity index (χ0n) is 17.3. The third kappa shape index (κ3) is 4.43. The molecule has 31 heavy (non-hydrogen) atoms. The molecule has 0 atom stereocenters. The maximum absolute atomic E-state index is 12.5. The van der Waals surface area contributed by atoms with Crippen molar-refractivity contribution in [3.05, 3.63) is 62.2 Å². The lowest BCUT2D eigenvalue weighted by Crippen LogP contribution is -2.24. The molecule has 3 heterocycles. The Hall–Kier alpha value is -2.13. The number of rotatable bonds is 5. The summed E-state index contributed by atoms with van der Waals surface area (Å²) in [4.78, 5) is 18.9. The molecule has 1 aromatic carbocycles. The predicted molar refractivity (Wildman–Crippen MR) is 128 cm³/mol. The van der Waals surface area contributed by atoms with Gasteiger partial charge in [0, 0.05) is 24.3 Å². The van der Waals surface area contributed by atoms with Crippen molar-refractivity contribution in [3.8, 4) is 0 Å². The first-order chi connectivity index (χ1) is 14.7. The van der Waals surface area contributed by atoms with Crippen molar-refractivity contribution in [2.45, 2.75) is 38.6 Å². The molecule has 0 fully saturated rings. The average Bonchev–Trinajstić information content (AvgIpc) is 3.29. The number of nitrogens with zero attached hydrogens (tertiary/aromatic N) is 5. The number of anilines is 2. The lowest BCUT2D eigenvalue weighted by molar-refractivity contribution is -0.115. The van der Waals surface area contributed by atoms with E-state index in [2.05, 4.69) is 29.3 Å². The van der Waals surface area contributed by atoms with Gasteiger partial charge < -0.3 is 0 Å². The number of benzene rings is 1. The Morgan fingerprint density at radius 2 is 1.87 bits per heavy atom. The first-order valence-corrected chi connectivity index (χ1v) is 12.0. The molecule has 0 aliphatic carbocycles. The largest absolute Gasteiger partial charge is 0.275 e. The molecule has 10 heteroatoms. The number of pyridine rings is 1. The number of amides is 1. The van der Waals surface area contributed by atoms with Gasteiger partial charge in [0.15, 0.2) is 15.9 Å². The smallest absolute Gasteiger partial charge is 0.230 e. The van der Waals surface area contributed by atoms with E-state index in [1.807, 2.05) is 19.2 Å². The maximum Gasteiger partial charge on any atom is 0.230 e. The van der Waals surface area contributed by atoms with Gasteiger partial charge in [-0.05, 0) is 38.0 Å². The summed E-state index contributed by atoms with van der Waals surface area (Å²) in [5.41, 5.74) is 5.55. The van der Waals surface area contributed by atoms with Gasteiger partial charge in [0.2, 0.25) is 5.91 Å². The molecule has 6 nitrogen and oxygen atoms in total. The number of carbonyl (C=O) groups is 1. The van der Waals surface area contributed by atoms with Crippen molar-refractivity contribution >= 4 is 68.7 Å². The van der Waals surface area contributed by atoms with Crippen LogP contribution in [0, 0.1) is 20.8 Å². The first-order valence-electron chi connectivity index (χ1n) is 9.40. The molecule has 0 aliphatic rings. The van der Waals surface area contributed by atoms with Gasteiger partial charge in [-0.25, -0.2) is 4.98 Å². The number of aryl methyl sites for hydroxylation is 3. The summed E-state index contributed by atoms with van der Waals surface area (Å²) in [5, 5.41) is 12.6. The minimum Gasteiger partial charge on any atom is -0.275 e. The summed E-state index contributed by atoms with van der Waals surface area (Å²) in [7, 11) is 0. The van der Waals surface area contributed by atoms with E-state index in [1.165, 1.54) is 28.7 Å². The van der Waals surface area contributed by atoms with E-state index in [1.54, 1.807) is 28.5 Å². The normalized spacial score (nSPS) is 11.3. The number of hydrogen-bond acceptors (Lipinski definition) is 6. The summed E-state index contributed by atoms with van der Waals surface area (Å²) < 4.78 is 1.77. The fraction of sp³-hybridized carbons (Fsp3) is 0.238. The average molecular weight is 492 g/mol. The Bertz CT molecular complexity index is 1280. The SMILES string of the molecule is CC(=O)N(c1nc(CSc2nnc3c(Cl)cc(Cl)cn23)cs1)c1c(C)cc(C)cc1C. The van der Waals surface area contributed by atoms with E-state index in [9.17, 15) is 4.79 Å². The third-order valence-corrected chi connectivity index (χ3v) is 6.99. The van der Waals surface area contributed by atoms with Crippen LogP contribution < -0.4 is 4.90 Å². The van der Waals surface area contributed by atoms with Gasteiger partial charge in [-0.1, -0.05) is 52.7 Å². The topological polar surface area (TPSA) is 63.4 Å². The molecule has 3 aromatic heterocycles.